The van der Waals surface area contributed by atoms with Crippen molar-refractivity contribution in [2.45, 2.75) is 138 Å². The van der Waals surface area contributed by atoms with Gasteiger partial charge in [-0.1, -0.05) is 73.3 Å². The summed E-state index contributed by atoms with van der Waals surface area (Å²) in [6.07, 6.45) is 21.2. The summed E-state index contributed by atoms with van der Waals surface area (Å²) in [5.41, 5.74) is 7.67. The molecule has 0 radical (unpaired) electrons. The van der Waals surface area contributed by atoms with Gasteiger partial charge in [0, 0.05) is 11.5 Å². The molecule has 0 saturated heterocycles. The number of ether oxygens (including phenoxy) is 1. The van der Waals surface area contributed by atoms with Gasteiger partial charge < -0.3 is 10.5 Å². The van der Waals surface area contributed by atoms with E-state index < -0.39 is 0 Å². The van der Waals surface area contributed by atoms with Crippen LogP contribution in [0.5, 0.6) is 0 Å². The molecule has 230 valence electrons. The minimum Gasteiger partial charge on any atom is -0.462 e. The van der Waals surface area contributed by atoms with Gasteiger partial charge in [0.05, 0.1) is 6.61 Å². The van der Waals surface area contributed by atoms with Gasteiger partial charge in [0.25, 0.3) is 0 Å². The number of hydrogen-bond acceptors (Lipinski definition) is 3. The molecule has 0 spiro atoms. The minimum absolute atomic E-state index is 0.275. The zero-order chi connectivity index (χ0) is 29.1. The lowest BCUT2D eigenvalue weighted by molar-refractivity contribution is -0.140. The SMILES string of the molecule is C=C(C)C(=O)OCC(CN)CCC[C@H]1CC[C@@]2(C)C(CC[C@@H]3C2CC[C@@]2(C)C3CC[C@@H]2[C@H](C)CCCC(C)C)C1. The fraction of sp³-hybridized carbons (Fsp3) is 0.919. The van der Waals surface area contributed by atoms with Crippen LogP contribution in [0.25, 0.3) is 0 Å². The Morgan fingerprint density at radius 1 is 0.925 bits per heavy atom. The van der Waals surface area contributed by atoms with Crippen LogP contribution < -0.4 is 5.73 Å². The Balaban J connectivity index is 1.28. The number of nitrogens with two attached hydrogens (primary N) is 1. The van der Waals surface area contributed by atoms with Gasteiger partial charge in [-0.3, -0.25) is 0 Å². The highest BCUT2D eigenvalue weighted by molar-refractivity contribution is 5.86. The van der Waals surface area contributed by atoms with Crippen LogP contribution in [-0.2, 0) is 9.53 Å². The van der Waals surface area contributed by atoms with Crippen LogP contribution in [0.15, 0.2) is 12.2 Å². The third-order valence-electron chi connectivity index (χ3n) is 13.3. The van der Waals surface area contributed by atoms with Gasteiger partial charge in [-0.15, -0.1) is 0 Å². The molecule has 3 nitrogen and oxygen atoms in total. The second-order valence-electron chi connectivity index (χ2n) is 16.2. The average molecular weight is 556 g/mol. The third-order valence-corrected chi connectivity index (χ3v) is 13.3. The van der Waals surface area contributed by atoms with E-state index in [0.29, 0.717) is 29.6 Å². The summed E-state index contributed by atoms with van der Waals surface area (Å²) >= 11 is 0. The first-order valence-corrected chi connectivity index (χ1v) is 17.5. The van der Waals surface area contributed by atoms with Crippen LogP contribution in [0.2, 0.25) is 0 Å². The van der Waals surface area contributed by atoms with E-state index >= 15 is 0 Å². The van der Waals surface area contributed by atoms with Crippen LogP contribution in [0.3, 0.4) is 0 Å². The van der Waals surface area contributed by atoms with Crippen LogP contribution in [0.1, 0.15) is 138 Å². The smallest absolute Gasteiger partial charge is 0.333 e. The molecule has 0 amide bonds. The Bertz CT molecular complexity index is 851. The maximum Gasteiger partial charge on any atom is 0.333 e. The molecule has 4 unspecified atom stereocenters. The third kappa shape index (κ3) is 6.86. The van der Waals surface area contributed by atoms with Crippen LogP contribution in [-0.4, -0.2) is 19.1 Å². The van der Waals surface area contributed by atoms with Gasteiger partial charge in [-0.25, -0.2) is 4.79 Å². The normalized spacial score (nSPS) is 38.7. The van der Waals surface area contributed by atoms with Gasteiger partial charge in [0.1, 0.15) is 0 Å². The van der Waals surface area contributed by atoms with Crippen molar-refractivity contribution in [1.29, 1.82) is 0 Å². The zero-order valence-electron chi connectivity index (χ0n) is 27.3. The zero-order valence-corrected chi connectivity index (χ0v) is 27.3. The molecule has 0 aliphatic heterocycles. The van der Waals surface area contributed by atoms with E-state index in [1.807, 2.05) is 0 Å². The van der Waals surface area contributed by atoms with Crippen molar-refractivity contribution < 1.29 is 9.53 Å². The number of hydrogen-bond donors (Lipinski definition) is 1. The first-order chi connectivity index (χ1) is 19.0. The van der Waals surface area contributed by atoms with E-state index in [1.165, 1.54) is 89.9 Å². The van der Waals surface area contributed by atoms with E-state index in [9.17, 15) is 4.79 Å². The molecule has 0 aromatic rings. The Kier molecular flexibility index (Phi) is 10.9. The lowest BCUT2D eigenvalue weighted by Gasteiger charge is -2.61. The molecule has 4 rings (SSSR count). The van der Waals surface area contributed by atoms with Crippen molar-refractivity contribution in [2.24, 2.45) is 69.8 Å². The maximum atomic E-state index is 11.8. The Morgan fingerprint density at radius 2 is 1.65 bits per heavy atom. The monoisotopic (exact) mass is 556 g/mol. The molecular weight excluding hydrogens is 490 g/mol. The molecule has 40 heavy (non-hydrogen) atoms. The highest BCUT2D eigenvalue weighted by atomic mass is 16.5. The topological polar surface area (TPSA) is 52.3 Å². The van der Waals surface area contributed by atoms with E-state index in [2.05, 4.69) is 41.2 Å². The summed E-state index contributed by atoms with van der Waals surface area (Å²) in [6.45, 7) is 19.3. The molecule has 0 heterocycles. The molecule has 0 aromatic heterocycles. The molecule has 0 aromatic carbocycles. The predicted octanol–water partition coefficient (Wildman–Crippen LogP) is 9.59. The van der Waals surface area contributed by atoms with Gasteiger partial charge in [-0.05, 0) is 136 Å². The molecule has 3 heteroatoms. The summed E-state index contributed by atoms with van der Waals surface area (Å²) in [5, 5.41) is 0. The van der Waals surface area contributed by atoms with Crippen LogP contribution >= 0.6 is 0 Å². The molecule has 4 aliphatic rings. The lowest BCUT2D eigenvalue weighted by Crippen LogP contribution is -2.53. The summed E-state index contributed by atoms with van der Waals surface area (Å²) in [5.74, 6) is 7.49. The minimum atomic E-state index is -0.284. The molecule has 4 fully saturated rings. The van der Waals surface area contributed by atoms with Crippen molar-refractivity contribution in [3.8, 4) is 0 Å². The van der Waals surface area contributed by atoms with Crippen molar-refractivity contribution in [1.82, 2.24) is 0 Å². The van der Waals surface area contributed by atoms with Crippen molar-refractivity contribution in [3.05, 3.63) is 12.2 Å². The second-order valence-corrected chi connectivity index (χ2v) is 16.2. The Hall–Kier alpha value is -0.830. The Morgan fingerprint density at radius 3 is 2.35 bits per heavy atom. The van der Waals surface area contributed by atoms with Crippen molar-refractivity contribution >= 4 is 5.97 Å². The largest absolute Gasteiger partial charge is 0.462 e. The summed E-state index contributed by atoms with van der Waals surface area (Å²) < 4.78 is 5.40. The van der Waals surface area contributed by atoms with E-state index in [-0.39, 0.29) is 11.9 Å². The summed E-state index contributed by atoms with van der Waals surface area (Å²) in [6, 6.07) is 0. The molecule has 4 aliphatic carbocycles. The molecule has 4 saturated carbocycles. The number of fused-ring (bicyclic) bond motifs is 5. The van der Waals surface area contributed by atoms with Crippen LogP contribution in [0.4, 0.5) is 0 Å². The predicted molar refractivity (Wildman–Crippen MR) is 169 cm³/mol. The first-order valence-electron chi connectivity index (χ1n) is 17.5. The Labute approximate surface area is 248 Å². The number of esters is 1. The first kappa shape index (κ1) is 32.1. The van der Waals surface area contributed by atoms with Gasteiger partial charge in [-0.2, -0.15) is 0 Å². The van der Waals surface area contributed by atoms with Crippen molar-refractivity contribution in [3.63, 3.8) is 0 Å². The van der Waals surface area contributed by atoms with Crippen LogP contribution in [0, 0.1) is 64.1 Å². The maximum absolute atomic E-state index is 11.8. The van der Waals surface area contributed by atoms with Gasteiger partial charge >= 0.3 is 5.97 Å². The fourth-order valence-corrected chi connectivity index (χ4v) is 10.9. The molecule has 10 atom stereocenters. The molecule has 0 bridgehead atoms. The highest BCUT2D eigenvalue weighted by Gasteiger charge is 2.60. The standard InChI is InChI=1S/C37H65NO2/c1-25(2)10-8-11-27(5)32-16-17-33-31-15-14-30-22-28(12-9-13-29(23-38)24-40-35(39)26(3)4)18-20-36(30,6)34(31)19-21-37(32,33)7/h25,27-34H,3,8-24,38H2,1-2,4-7H3/t27-,28+,29?,30?,31+,32-,33?,34?,36+,37-/m1/s1. The fourth-order valence-electron chi connectivity index (χ4n) is 10.9. The van der Waals surface area contributed by atoms with Crippen molar-refractivity contribution in [2.75, 3.05) is 13.2 Å². The number of carbonyl (C=O) groups excluding carboxylic acids is 1. The lowest BCUT2D eigenvalue weighted by atomic mass is 9.44. The highest BCUT2D eigenvalue weighted by Crippen LogP contribution is 2.68. The summed E-state index contributed by atoms with van der Waals surface area (Å²) in [7, 11) is 0. The van der Waals surface area contributed by atoms with E-state index in [0.717, 1.165) is 53.8 Å². The summed E-state index contributed by atoms with van der Waals surface area (Å²) in [4.78, 5) is 11.8. The van der Waals surface area contributed by atoms with Gasteiger partial charge in [0.15, 0.2) is 0 Å². The second kappa shape index (κ2) is 13.6. The average Bonchev–Trinajstić information content (AvgIpc) is 3.27. The quantitative estimate of drug-likeness (QED) is 0.182. The molecule has 2 N–H and O–H groups in total. The molecular formula is C37H65NO2. The number of rotatable bonds is 13. The number of carbonyl (C=O) groups is 1. The van der Waals surface area contributed by atoms with E-state index in [4.69, 9.17) is 10.5 Å². The van der Waals surface area contributed by atoms with E-state index in [1.54, 1.807) is 6.92 Å². The van der Waals surface area contributed by atoms with Gasteiger partial charge in [0.2, 0.25) is 0 Å².